The average molecular weight is 352 g/mol. The van der Waals surface area contributed by atoms with E-state index in [1.807, 2.05) is 20.8 Å². The van der Waals surface area contributed by atoms with Gasteiger partial charge < -0.3 is 10.4 Å². The maximum absolute atomic E-state index is 12.6. The van der Waals surface area contributed by atoms with Crippen LogP contribution < -0.4 is 5.32 Å². The summed E-state index contributed by atoms with van der Waals surface area (Å²) < 4.78 is 27.6. The van der Waals surface area contributed by atoms with Crippen molar-refractivity contribution >= 4 is 16.1 Å². The molecule has 0 bridgehead atoms. The van der Waals surface area contributed by atoms with Crippen LogP contribution in [0.3, 0.4) is 0 Å². The Balaban J connectivity index is 4.92. The molecule has 0 rings (SSSR count). The van der Waals surface area contributed by atoms with Crippen molar-refractivity contribution in [3.63, 3.8) is 0 Å². The molecular formula is C15H33N3O4S. The van der Waals surface area contributed by atoms with Gasteiger partial charge in [0.1, 0.15) is 0 Å². The molecule has 0 aliphatic heterocycles. The minimum atomic E-state index is -3.69. The maximum atomic E-state index is 12.6. The normalized spacial score (nSPS) is 16.0. The molecule has 8 heteroatoms. The van der Waals surface area contributed by atoms with Gasteiger partial charge in [-0.2, -0.15) is 17.0 Å². The Morgan fingerprint density at radius 3 is 2.09 bits per heavy atom. The Morgan fingerprint density at radius 2 is 1.70 bits per heavy atom. The second-order valence-electron chi connectivity index (χ2n) is 6.94. The number of hydrogen-bond acceptors (Lipinski definition) is 4. The summed E-state index contributed by atoms with van der Waals surface area (Å²) in [6.45, 7) is 10.7. The number of carbonyl (C=O) groups is 1. The SMILES string of the molecule is CCC(C)(C)N(C)S(=O)(=O)N(C)CC(O)C(C)NC(=O)C(C)C. The number of amides is 1. The Kier molecular flexibility index (Phi) is 8.16. The van der Waals surface area contributed by atoms with Crippen LogP contribution in [0.2, 0.25) is 0 Å². The summed E-state index contributed by atoms with van der Waals surface area (Å²) >= 11 is 0. The number of likely N-dealkylation sites (N-methyl/N-ethyl adjacent to an activating group) is 1. The van der Waals surface area contributed by atoms with Crippen LogP contribution in [0.5, 0.6) is 0 Å². The van der Waals surface area contributed by atoms with Crippen molar-refractivity contribution in [3.05, 3.63) is 0 Å². The van der Waals surface area contributed by atoms with Crippen molar-refractivity contribution in [1.29, 1.82) is 0 Å². The molecule has 2 atom stereocenters. The minimum Gasteiger partial charge on any atom is -0.390 e. The Hall–Kier alpha value is -0.700. The summed E-state index contributed by atoms with van der Waals surface area (Å²) in [5.74, 6) is -0.367. The van der Waals surface area contributed by atoms with E-state index in [9.17, 15) is 18.3 Å². The van der Waals surface area contributed by atoms with Gasteiger partial charge in [0.25, 0.3) is 10.2 Å². The molecule has 0 fully saturated rings. The van der Waals surface area contributed by atoms with Crippen LogP contribution >= 0.6 is 0 Å². The van der Waals surface area contributed by atoms with E-state index in [2.05, 4.69) is 5.32 Å². The van der Waals surface area contributed by atoms with Gasteiger partial charge in [0.15, 0.2) is 0 Å². The van der Waals surface area contributed by atoms with Crippen molar-refractivity contribution in [2.45, 2.75) is 65.6 Å². The van der Waals surface area contributed by atoms with Crippen LogP contribution in [0.1, 0.15) is 48.0 Å². The lowest BCUT2D eigenvalue weighted by Gasteiger charge is -2.37. The van der Waals surface area contributed by atoms with Crippen LogP contribution in [-0.4, -0.2) is 66.4 Å². The van der Waals surface area contributed by atoms with E-state index in [1.165, 1.54) is 18.4 Å². The number of aliphatic hydroxyl groups is 1. The van der Waals surface area contributed by atoms with Crippen LogP contribution in [0.4, 0.5) is 0 Å². The van der Waals surface area contributed by atoms with Crippen molar-refractivity contribution in [3.8, 4) is 0 Å². The molecule has 0 heterocycles. The fourth-order valence-corrected chi connectivity index (χ4v) is 3.26. The number of nitrogens with one attached hydrogen (secondary N) is 1. The molecule has 2 N–H and O–H groups in total. The van der Waals surface area contributed by atoms with Gasteiger partial charge in [-0.25, -0.2) is 0 Å². The lowest BCUT2D eigenvalue weighted by molar-refractivity contribution is -0.125. The second kappa shape index (κ2) is 8.41. The molecule has 2 unspecified atom stereocenters. The second-order valence-corrected chi connectivity index (χ2v) is 9.01. The summed E-state index contributed by atoms with van der Waals surface area (Å²) in [7, 11) is -0.726. The molecule has 0 aliphatic carbocycles. The molecule has 0 aromatic rings. The molecule has 0 saturated carbocycles. The van der Waals surface area contributed by atoms with E-state index in [1.54, 1.807) is 20.8 Å². The molecule has 138 valence electrons. The van der Waals surface area contributed by atoms with E-state index in [-0.39, 0.29) is 18.4 Å². The lowest BCUT2D eigenvalue weighted by Crippen LogP contribution is -2.53. The number of rotatable bonds is 9. The highest BCUT2D eigenvalue weighted by Crippen LogP contribution is 2.22. The third kappa shape index (κ3) is 6.02. The first-order chi connectivity index (χ1) is 10.3. The highest BCUT2D eigenvalue weighted by molar-refractivity contribution is 7.86. The van der Waals surface area contributed by atoms with Crippen LogP contribution in [0.25, 0.3) is 0 Å². The number of nitrogens with zero attached hydrogens (tertiary/aromatic N) is 2. The molecule has 23 heavy (non-hydrogen) atoms. The van der Waals surface area contributed by atoms with Crippen LogP contribution in [0, 0.1) is 5.92 Å². The number of aliphatic hydroxyl groups excluding tert-OH is 1. The number of carbonyl (C=O) groups excluding carboxylic acids is 1. The first-order valence-corrected chi connectivity index (χ1v) is 9.35. The highest BCUT2D eigenvalue weighted by Gasteiger charge is 2.35. The quantitative estimate of drug-likeness (QED) is 0.643. The molecule has 0 saturated heterocycles. The van der Waals surface area contributed by atoms with Gasteiger partial charge in [-0.1, -0.05) is 20.8 Å². The smallest absolute Gasteiger partial charge is 0.282 e. The molecule has 0 spiro atoms. The summed E-state index contributed by atoms with van der Waals surface area (Å²) in [6.07, 6.45) is -0.324. The van der Waals surface area contributed by atoms with Crippen molar-refractivity contribution in [1.82, 2.24) is 13.9 Å². The minimum absolute atomic E-state index is 0.0913. The first-order valence-electron chi connectivity index (χ1n) is 7.96. The largest absolute Gasteiger partial charge is 0.390 e. The Bertz CT molecular complexity index is 491. The first kappa shape index (κ1) is 22.3. The molecule has 0 radical (unpaired) electrons. The Morgan fingerprint density at radius 1 is 1.22 bits per heavy atom. The summed E-state index contributed by atoms with van der Waals surface area (Å²) in [5, 5.41) is 12.9. The fourth-order valence-electron chi connectivity index (χ4n) is 1.75. The fraction of sp³-hybridized carbons (Fsp3) is 0.933. The van der Waals surface area contributed by atoms with Gasteiger partial charge in [0, 0.05) is 32.1 Å². The van der Waals surface area contributed by atoms with Crippen LogP contribution in [0.15, 0.2) is 0 Å². The maximum Gasteiger partial charge on any atom is 0.282 e. The predicted octanol–water partition coefficient (Wildman–Crippen LogP) is 0.805. The summed E-state index contributed by atoms with van der Waals surface area (Å²) in [6, 6.07) is -0.535. The molecule has 1 amide bonds. The van der Waals surface area contributed by atoms with E-state index < -0.39 is 27.9 Å². The zero-order valence-electron chi connectivity index (χ0n) is 15.6. The van der Waals surface area contributed by atoms with Crippen molar-refractivity contribution < 1.29 is 18.3 Å². The highest BCUT2D eigenvalue weighted by atomic mass is 32.2. The summed E-state index contributed by atoms with van der Waals surface area (Å²) in [4.78, 5) is 11.7. The molecule has 0 aromatic carbocycles. The predicted molar refractivity (Wildman–Crippen MR) is 92.1 cm³/mol. The van der Waals surface area contributed by atoms with Gasteiger partial charge in [-0.3, -0.25) is 4.79 Å². The third-order valence-electron chi connectivity index (χ3n) is 4.37. The third-order valence-corrected chi connectivity index (χ3v) is 6.50. The van der Waals surface area contributed by atoms with Crippen molar-refractivity contribution in [2.24, 2.45) is 5.92 Å². The van der Waals surface area contributed by atoms with E-state index in [0.29, 0.717) is 6.42 Å². The molecule has 0 aliphatic rings. The van der Waals surface area contributed by atoms with E-state index in [4.69, 9.17) is 0 Å². The Labute approximate surface area is 141 Å². The van der Waals surface area contributed by atoms with E-state index >= 15 is 0 Å². The molecule has 7 nitrogen and oxygen atoms in total. The number of hydrogen-bond donors (Lipinski definition) is 2. The summed E-state index contributed by atoms with van der Waals surface area (Å²) in [5.41, 5.74) is -0.518. The molecule has 0 aromatic heterocycles. The monoisotopic (exact) mass is 351 g/mol. The van der Waals surface area contributed by atoms with Crippen molar-refractivity contribution in [2.75, 3.05) is 20.6 Å². The average Bonchev–Trinajstić information content (AvgIpc) is 2.45. The van der Waals surface area contributed by atoms with E-state index in [0.717, 1.165) is 4.31 Å². The zero-order valence-corrected chi connectivity index (χ0v) is 16.4. The van der Waals surface area contributed by atoms with Crippen LogP contribution in [-0.2, 0) is 15.0 Å². The zero-order chi connectivity index (χ0) is 18.6. The standard InChI is InChI=1S/C15H33N3O4S/c1-9-15(5,6)18(8)23(21,22)17(7)10-13(19)12(4)16-14(20)11(2)3/h11-13,19H,9-10H2,1-8H3,(H,16,20). The van der Waals surface area contributed by atoms with Gasteiger partial charge in [0.2, 0.25) is 5.91 Å². The lowest BCUT2D eigenvalue weighted by atomic mass is 10.0. The van der Waals surface area contributed by atoms with Gasteiger partial charge in [-0.15, -0.1) is 0 Å². The van der Waals surface area contributed by atoms with Gasteiger partial charge in [0.05, 0.1) is 12.1 Å². The topological polar surface area (TPSA) is 90.0 Å². The molecular weight excluding hydrogens is 318 g/mol. The van der Waals surface area contributed by atoms with Gasteiger partial charge in [-0.05, 0) is 27.2 Å². The van der Waals surface area contributed by atoms with Gasteiger partial charge >= 0.3 is 0 Å².